The van der Waals surface area contributed by atoms with Gasteiger partial charge in [0, 0.05) is 31.9 Å². The molecule has 0 atom stereocenters. The molecule has 0 saturated heterocycles. The quantitative estimate of drug-likeness (QED) is 0.593. The minimum atomic E-state index is -0.122. The van der Waals surface area contributed by atoms with Crippen molar-refractivity contribution in [3.05, 3.63) is 51.1 Å². The molecule has 1 heterocycles. The number of hydrogen-bond acceptors (Lipinski definition) is 3. The monoisotopic (exact) mass is 370 g/mol. The number of thioether (sulfide) groups is 1. The third-order valence-corrected chi connectivity index (χ3v) is 5.16. The second-order valence-corrected chi connectivity index (χ2v) is 7.08. The Labute approximate surface area is 135 Å². The van der Waals surface area contributed by atoms with E-state index < -0.39 is 0 Å². The van der Waals surface area contributed by atoms with Crippen LogP contribution in [-0.4, -0.2) is 18.3 Å². The average molecular weight is 371 g/mol. The first kappa shape index (κ1) is 15.4. The highest BCUT2D eigenvalue weighted by atomic mass is 79.9. The van der Waals surface area contributed by atoms with Gasteiger partial charge in [-0.05, 0) is 34.1 Å². The molecule has 2 aromatic rings. The normalized spacial score (nSPS) is 10.2. The summed E-state index contributed by atoms with van der Waals surface area (Å²) in [5, 5.41) is 7.70. The van der Waals surface area contributed by atoms with Crippen molar-refractivity contribution in [3.8, 4) is 0 Å². The van der Waals surface area contributed by atoms with Crippen LogP contribution in [0.4, 0.5) is 4.79 Å². The molecule has 0 unspecified atom stereocenters. The molecule has 0 aliphatic carbocycles. The van der Waals surface area contributed by atoms with E-state index in [2.05, 4.69) is 38.7 Å². The van der Waals surface area contributed by atoms with Crippen molar-refractivity contribution in [1.29, 1.82) is 0 Å². The van der Waals surface area contributed by atoms with Gasteiger partial charge in [0.2, 0.25) is 0 Å². The largest absolute Gasteiger partial charge is 0.337 e. The fourth-order valence-corrected chi connectivity index (χ4v) is 3.71. The van der Waals surface area contributed by atoms with Gasteiger partial charge in [0.25, 0.3) is 0 Å². The van der Waals surface area contributed by atoms with Gasteiger partial charge in [-0.25, -0.2) is 4.79 Å². The molecule has 20 heavy (non-hydrogen) atoms. The van der Waals surface area contributed by atoms with Crippen LogP contribution in [0.2, 0.25) is 0 Å². The highest BCUT2D eigenvalue weighted by molar-refractivity contribution is 9.10. The Morgan fingerprint density at radius 2 is 2.05 bits per heavy atom. The lowest BCUT2D eigenvalue weighted by Crippen LogP contribution is -2.36. The van der Waals surface area contributed by atoms with Gasteiger partial charge < -0.3 is 10.6 Å². The Bertz CT molecular complexity index is 545. The van der Waals surface area contributed by atoms with Gasteiger partial charge in [-0.2, -0.15) is 0 Å². The number of halogens is 1. The maximum atomic E-state index is 11.6. The standard InChI is InChI=1S/C14H15BrN2OS2/c15-11-8-13(20-10-11)9-17-14(18)16-6-7-19-12-4-2-1-3-5-12/h1-5,8,10H,6-7,9H2,(H2,16,17,18). The third kappa shape index (κ3) is 5.56. The van der Waals surface area contributed by atoms with E-state index in [0.717, 1.165) is 15.1 Å². The van der Waals surface area contributed by atoms with Crippen LogP contribution in [0.15, 0.2) is 51.1 Å². The Kier molecular flexibility index (Phi) is 6.42. The number of carbonyl (C=O) groups is 1. The minimum Gasteiger partial charge on any atom is -0.337 e. The molecule has 1 aromatic carbocycles. The lowest BCUT2D eigenvalue weighted by atomic mass is 10.4. The van der Waals surface area contributed by atoms with Crippen molar-refractivity contribution < 1.29 is 4.79 Å². The van der Waals surface area contributed by atoms with Gasteiger partial charge in [0.15, 0.2) is 0 Å². The lowest BCUT2D eigenvalue weighted by Gasteiger charge is -2.06. The van der Waals surface area contributed by atoms with Gasteiger partial charge in [0.1, 0.15) is 0 Å². The maximum Gasteiger partial charge on any atom is 0.315 e. The Morgan fingerprint density at radius 1 is 1.25 bits per heavy atom. The fourth-order valence-electron chi connectivity index (χ4n) is 1.53. The zero-order valence-electron chi connectivity index (χ0n) is 10.8. The molecule has 3 nitrogen and oxygen atoms in total. The number of rotatable bonds is 6. The summed E-state index contributed by atoms with van der Waals surface area (Å²) < 4.78 is 1.05. The third-order valence-electron chi connectivity index (χ3n) is 2.44. The number of urea groups is 1. The molecule has 1 aromatic heterocycles. The second kappa shape index (κ2) is 8.34. The summed E-state index contributed by atoms with van der Waals surface area (Å²) in [5.41, 5.74) is 0. The summed E-state index contributed by atoms with van der Waals surface area (Å²) in [5.74, 6) is 0.863. The SMILES string of the molecule is O=C(NCCSc1ccccc1)NCc1cc(Br)cs1. The summed E-state index contributed by atoms with van der Waals surface area (Å²) in [7, 11) is 0. The number of nitrogens with one attached hydrogen (secondary N) is 2. The zero-order chi connectivity index (χ0) is 14.2. The average Bonchev–Trinajstić information content (AvgIpc) is 2.88. The molecule has 2 N–H and O–H groups in total. The summed E-state index contributed by atoms with van der Waals surface area (Å²) in [6.45, 7) is 1.22. The first-order chi connectivity index (χ1) is 9.74. The van der Waals surface area contributed by atoms with Crippen LogP contribution in [0.1, 0.15) is 4.88 Å². The first-order valence-corrected chi connectivity index (χ1v) is 8.82. The van der Waals surface area contributed by atoms with E-state index in [4.69, 9.17) is 0 Å². The molecular formula is C14H15BrN2OS2. The van der Waals surface area contributed by atoms with Gasteiger partial charge in [-0.3, -0.25) is 0 Å². The number of carbonyl (C=O) groups excluding carboxylic acids is 1. The predicted molar refractivity (Wildman–Crippen MR) is 89.4 cm³/mol. The van der Waals surface area contributed by atoms with Crippen LogP contribution in [0.3, 0.4) is 0 Å². The van der Waals surface area contributed by atoms with E-state index in [9.17, 15) is 4.79 Å². The Balaban J connectivity index is 1.58. The minimum absolute atomic E-state index is 0.122. The van der Waals surface area contributed by atoms with Gasteiger partial charge in [-0.1, -0.05) is 18.2 Å². The van der Waals surface area contributed by atoms with Crippen molar-refractivity contribution in [2.45, 2.75) is 11.4 Å². The van der Waals surface area contributed by atoms with Crippen molar-refractivity contribution in [2.75, 3.05) is 12.3 Å². The number of thiophene rings is 1. The Hall–Kier alpha value is -0.980. The zero-order valence-corrected chi connectivity index (χ0v) is 14.0. The summed E-state index contributed by atoms with van der Waals surface area (Å²) in [6.07, 6.45) is 0. The van der Waals surface area contributed by atoms with Crippen LogP contribution in [-0.2, 0) is 6.54 Å². The number of benzene rings is 1. The predicted octanol–water partition coefficient (Wildman–Crippen LogP) is 4.10. The van der Waals surface area contributed by atoms with E-state index in [1.807, 2.05) is 29.6 Å². The number of amides is 2. The molecule has 0 aliphatic heterocycles. The van der Waals surface area contributed by atoms with Crippen LogP contribution in [0.25, 0.3) is 0 Å². The van der Waals surface area contributed by atoms with Crippen molar-refractivity contribution in [1.82, 2.24) is 10.6 Å². The van der Waals surface area contributed by atoms with Crippen molar-refractivity contribution in [2.24, 2.45) is 0 Å². The molecule has 0 fully saturated rings. The van der Waals surface area contributed by atoms with Crippen molar-refractivity contribution >= 4 is 45.1 Å². The molecule has 0 spiro atoms. The van der Waals surface area contributed by atoms with E-state index in [1.54, 1.807) is 23.1 Å². The molecule has 6 heteroatoms. The first-order valence-electron chi connectivity index (χ1n) is 6.16. The van der Waals surface area contributed by atoms with E-state index >= 15 is 0 Å². The van der Waals surface area contributed by atoms with E-state index in [-0.39, 0.29) is 6.03 Å². The topological polar surface area (TPSA) is 41.1 Å². The fraction of sp³-hybridized carbons (Fsp3) is 0.214. The summed E-state index contributed by atoms with van der Waals surface area (Å²) >= 11 is 6.75. The highest BCUT2D eigenvalue weighted by Gasteiger charge is 2.02. The maximum absolute atomic E-state index is 11.6. The molecular weight excluding hydrogens is 356 g/mol. The molecule has 0 bridgehead atoms. The molecule has 106 valence electrons. The van der Waals surface area contributed by atoms with Crippen molar-refractivity contribution in [3.63, 3.8) is 0 Å². The molecule has 0 aliphatic rings. The van der Waals surface area contributed by atoms with Crippen LogP contribution in [0, 0.1) is 0 Å². The van der Waals surface area contributed by atoms with Crippen LogP contribution < -0.4 is 10.6 Å². The summed E-state index contributed by atoms with van der Waals surface area (Å²) in [4.78, 5) is 13.9. The molecule has 0 radical (unpaired) electrons. The van der Waals surface area contributed by atoms with E-state index in [1.165, 1.54) is 4.90 Å². The smallest absolute Gasteiger partial charge is 0.315 e. The van der Waals surface area contributed by atoms with Gasteiger partial charge >= 0.3 is 6.03 Å². The van der Waals surface area contributed by atoms with E-state index in [0.29, 0.717) is 13.1 Å². The lowest BCUT2D eigenvalue weighted by molar-refractivity contribution is 0.241. The molecule has 2 amide bonds. The van der Waals surface area contributed by atoms with Crippen LogP contribution in [0.5, 0.6) is 0 Å². The molecule has 0 saturated carbocycles. The summed E-state index contributed by atoms with van der Waals surface area (Å²) in [6, 6.07) is 12.1. The number of hydrogen-bond donors (Lipinski definition) is 2. The highest BCUT2D eigenvalue weighted by Crippen LogP contribution is 2.19. The van der Waals surface area contributed by atoms with Gasteiger partial charge in [0.05, 0.1) is 6.54 Å². The Morgan fingerprint density at radius 3 is 2.75 bits per heavy atom. The molecule has 2 rings (SSSR count). The van der Waals surface area contributed by atoms with Crippen LogP contribution >= 0.6 is 39.0 Å². The second-order valence-electron chi connectivity index (χ2n) is 4.00. The van der Waals surface area contributed by atoms with Gasteiger partial charge in [-0.15, -0.1) is 23.1 Å².